The predicted octanol–water partition coefficient (Wildman–Crippen LogP) is 2.69. The zero-order valence-corrected chi connectivity index (χ0v) is 8.92. The fourth-order valence-electron chi connectivity index (χ4n) is 1.44. The van der Waals surface area contributed by atoms with E-state index >= 15 is 0 Å². The van der Waals surface area contributed by atoms with Crippen molar-refractivity contribution < 1.29 is 4.79 Å². The van der Waals surface area contributed by atoms with Gasteiger partial charge in [-0.05, 0) is 31.4 Å². The molecule has 1 heterocycles. The van der Waals surface area contributed by atoms with Crippen LogP contribution in [0.4, 0.5) is 0 Å². The van der Waals surface area contributed by atoms with E-state index < -0.39 is 0 Å². The Hall–Kier alpha value is -1.18. The van der Waals surface area contributed by atoms with Crippen LogP contribution in [0.15, 0.2) is 18.3 Å². The molecule has 2 nitrogen and oxygen atoms in total. The predicted molar refractivity (Wildman–Crippen MR) is 57.2 cm³/mol. The quantitative estimate of drug-likeness (QED) is 0.716. The summed E-state index contributed by atoms with van der Waals surface area (Å²) in [5, 5.41) is 0. The number of hydrogen-bond donors (Lipinski definition) is 0. The van der Waals surface area contributed by atoms with Gasteiger partial charge in [-0.2, -0.15) is 0 Å². The number of ketones is 1. The van der Waals surface area contributed by atoms with E-state index in [1.807, 2.05) is 26.0 Å². The van der Waals surface area contributed by atoms with Crippen LogP contribution in [0.1, 0.15) is 37.4 Å². The topological polar surface area (TPSA) is 30.0 Å². The van der Waals surface area contributed by atoms with Crippen molar-refractivity contribution in [3.63, 3.8) is 0 Å². The van der Waals surface area contributed by atoms with Crippen molar-refractivity contribution in [2.75, 3.05) is 0 Å². The summed E-state index contributed by atoms with van der Waals surface area (Å²) in [4.78, 5) is 15.6. The van der Waals surface area contributed by atoms with E-state index in [9.17, 15) is 4.79 Å². The monoisotopic (exact) mass is 191 g/mol. The zero-order chi connectivity index (χ0) is 10.4. The number of aromatic nitrogens is 1. The van der Waals surface area contributed by atoms with E-state index in [-0.39, 0.29) is 0 Å². The number of carbonyl (C=O) groups excluding carboxylic acids is 1. The van der Waals surface area contributed by atoms with Crippen molar-refractivity contribution in [1.29, 1.82) is 0 Å². The Bertz CT molecular complexity index is 307. The minimum absolute atomic E-state index is 0.345. The molecule has 1 aromatic heterocycles. The number of aryl methyl sites for hydroxylation is 2. The summed E-state index contributed by atoms with van der Waals surface area (Å²) in [6.45, 7) is 4.07. The van der Waals surface area contributed by atoms with Crippen LogP contribution in [0.3, 0.4) is 0 Å². The third kappa shape index (κ3) is 3.29. The molecular formula is C12H17NO. The van der Waals surface area contributed by atoms with Crippen LogP contribution in [0.25, 0.3) is 0 Å². The molecule has 0 radical (unpaired) electrons. The Labute approximate surface area is 85.4 Å². The van der Waals surface area contributed by atoms with Crippen molar-refractivity contribution in [2.24, 2.45) is 0 Å². The fraction of sp³-hybridized carbons (Fsp3) is 0.500. The van der Waals surface area contributed by atoms with Crippen molar-refractivity contribution >= 4 is 5.78 Å². The van der Waals surface area contributed by atoms with Gasteiger partial charge in [-0.15, -0.1) is 0 Å². The maximum absolute atomic E-state index is 11.3. The molecule has 1 rings (SSSR count). The van der Waals surface area contributed by atoms with E-state index in [2.05, 4.69) is 4.98 Å². The molecule has 0 N–H and O–H groups in total. The van der Waals surface area contributed by atoms with Crippen LogP contribution >= 0.6 is 0 Å². The molecule has 2 heteroatoms. The molecule has 0 spiro atoms. The van der Waals surface area contributed by atoms with Crippen LogP contribution < -0.4 is 0 Å². The van der Waals surface area contributed by atoms with Gasteiger partial charge in [-0.1, -0.05) is 13.0 Å². The van der Waals surface area contributed by atoms with Gasteiger partial charge in [0.2, 0.25) is 0 Å². The molecule has 14 heavy (non-hydrogen) atoms. The Kier molecular flexibility index (Phi) is 4.30. The lowest BCUT2D eigenvalue weighted by atomic mass is 10.1. The summed E-state index contributed by atoms with van der Waals surface area (Å²) in [6, 6.07) is 3.96. The second-order valence-electron chi connectivity index (χ2n) is 3.56. The van der Waals surface area contributed by atoms with Crippen LogP contribution in [-0.4, -0.2) is 10.8 Å². The average Bonchev–Trinajstić information content (AvgIpc) is 2.17. The van der Waals surface area contributed by atoms with Crippen molar-refractivity contribution in [2.45, 2.75) is 39.5 Å². The van der Waals surface area contributed by atoms with Gasteiger partial charge in [-0.25, -0.2) is 0 Å². The van der Waals surface area contributed by atoms with Gasteiger partial charge in [-0.3, -0.25) is 9.78 Å². The van der Waals surface area contributed by atoms with Crippen LogP contribution in [0.5, 0.6) is 0 Å². The number of carbonyl (C=O) groups is 1. The number of rotatable bonds is 5. The van der Waals surface area contributed by atoms with Gasteiger partial charge in [0.15, 0.2) is 0 Å². The molecule has 0 aliphatic rings. The highest BCUT2D eigenvalue weighted by molar-refractivity contribution is 5.78. The lowest BCUT2D eigenvalue weighted by Gasteiger charge is -2.02. The summed E-state index contributed by atoms with van der Waals surface area (Å²) < 4.78 is 0. The number of pyridine rings is 1. The molecule has 0 saturated carbocycles. The minimum atomic E-state index is 0.345. The largest absolute Gasteiger partial charge is 0.300 e. The normalized spacial score (nSPS) is 10.1. The van der Waals surface area contributed by atoms with Crippen LogP contribution in [0.2, 0.25) is 0 Å². The lowest BCUT2D eigenvalue weighted by molar-refractivity contribution is -0.119. The molecule has 0 unspecified atom stereocenters. The Morgan fingerprint density at radius 3 is 2.86 bits per heavy atom. The fourth-order valence-corrected chi connectivity index (χ4v) is 1.44. The first kappa shape index (κ1) is 10.9. The first-order valence-electron chi connectivity index (χ1n) is 5.16. The molecule has 1 aromatic rings. The van der Waals surface area contributed by atoms with Crippen molar-refractivity contribution in [3.05, 3.63) is 29.6 Å². The molecule has 0 bridgehead atoms. The Morgan fingerprint density at radius 2 is 2.21 bits per heavy atom. The Morgan fingerprint density at radius 1 is 1.43 bits per heavy atom. The van der Waals surface area contributed by atoms with Gasteiger partial charge in [0.25, 0.3) is 0 Å². The smallest absolute Gasteiger partial charge is 0.133 e. The number of Topliss-reactive ketones (excluding diaryl/α,β-unsaturated/α-hetero) is 1. The average molecular weight is 191 g/mol. The third-order valence-electron chi connectivity index (χ3n) is 2.29. The summed E-state index contributed by atoms with van der Waals surface area (Å²) in [5.74, 6) is 0.345. The number of nitrogens with zero attached hydrogens (tertiary/aromatic N) is 1. The summed E-state index contributed by atoms with van der Waals surface area (Å²) >= 11 is 0. The highest BCUT2D eigenvalue weighted by Gasteiger charge is 2.03. The van der Waals surface area contributed by atoms with Gasteiger partial charge in [0, 0.05) is 24.7 Å². The van der Waals surface area contributed by atoms with E-state index in [1.165, 1.54) is 5.56 Å². The van der Waals surface area contributed by atoms with E-state index in [0.717, 1.165) is 18.5 Å². The molecule has 0 atom stereocenters. The highest BCUT2D eigenvalue weighted by atomic mass is 16.1. The van der Waals surface area contributed by atoms with E-state index in [1.54, 1.807) is 6.20 Å². The molecular weight excluding hydrogens is 174 g/mol. The van der Waals surface area contributed by atoms with Crippen molar-refractivity contribution in [1.82, 2.24) is 4.98 Å². The molecule has 76 valence electrons. The zero-order valence-electron chi connectivity index (χ0n) is 8.92. The van der Waals surface area contributed by atoms with Gasteiger partial charge < -0.3 is 0 Å². The second kappa shape index (κ2) is 5.53. The van der Waals surface area contributed by atoms with Gasteiger partial charge in [0.05, 0.1) is 0 Å². The molecule has 0 amide bonds. The highest BCUT2D eigenvalue weighted by Crippen LogP contribution is 2.07. The lowest BCUT2D eigenvalue weighted by Crippen LogP contribution is -2.01. The SMILES string of the molecule is CCCC(=O)CCc1ncccc1C. The minimum Gasteiger partial charge on any atom is -0.300 e. The van der Waals surface area contributed by atoms with Crippen LogP contribution in [0, 0.1) is 6.92 Å². The van der Waals surface area contributed by atoms with E-state index in [0.29, 0.717) is 18.6 Å². The molecule has 0 aromatic carbocycles. The molecule has 0 fully saturated rings. The third-order valence-corrected chi connectivity index (χ3v) is 2.29. The molecule has 0 aliphatic heterocycles. The number of hydrogen-bond acceptors (Lipinski definition) is 2. The molecule has 0 aliphatic carbocycles. The second-order valence-corrected chi connectivity index (χ2v) is 3.56. The maximum Gasteiger partial charge on any atom is 0.133 e. The van der Waals surface area contributed by atoms with Crippen LogP contribution in [-0.2, 0) is 11.2 Å². The molecule has 0 saturated heterocycles. The Balaban J connectivity index is 2.46. The first-order valence-corrected chi connectivity index (χ1v) is 5.16. The van der Waals surface area contributed by atoms with E-state index in [4.69, 9.17) is 0 Å². The standard InChI is InChI=1S/C12H17NO/c1-3-5-11(14)7-8-12-10(2)6-4-9-13-12/h4,6,9H,3,5,7-8H2,1-2H3. The summed E-state index contributed by atoms with van der Waals surface area (Å²) in [7, 11) is 0. The summed E-state index contributed by atoms with van der Waals surface area (Å²) in [5.41, 5.74) is 2.23. The van der Waals surface area contributed by atoms with Gasteiger partial charge in [0.1, 0.15) is 5.78 Å². The summed E-state index contributed by atoms with van der Waals surface area (Å²) in [6.07, 6.45) is 4.84. The maximum atomic E-state index is 11.3. The van der Waals surface area contributed by atoms with Gasteiger partial charge >= 0.3 is 0 Å². The van der Waals surface area contributed by atoms with Crippen molar-refractivity contribution in [3.8, 4) is 0 Å². The first-order chi connectivity index (χ1) is 6.74.